The molecule has 0 N–H and O–H groups in total. The minimum atomic E-state index is -1.78. The number of ether oxygens (including phenoxy) is 8. The van der Waals surface area contributed by atoms with Gasteiger partial charge in [0.15, 0.2) is 12.2 Å². The number of benzene rings is 2. The van der Waals surface area contributed by atoms with Crippen molar-refractivity contribution in [2.45, 2.75) is 71.4 Å². The van der Waals surface area contributed by atoms with Crippen molar-refractivity contribution in [3.8, 4) is 11.5 Å². The van der Waals surface area contributed by atoms with E-state index in [4.69, 9.17) is 37.9 Å². The van der Waals surface area contributed by atoms with Crippen LogP contribution in [-0.4, -0.2) is 77.2 Å². The SMILES string of the molecule is C=CCc1cc(COC(=O)Oc2ccc([N+](=O)[O-])cc2)cc([N+](=O)[O-])c1O[C@@H]1O[C@H](COC(C)=O)[C@H](OC(C)=O)[C@H](OC(C)=O)[C@H]1OC(C)=O. The molecule has 19 heteroatoms. The maximum atomic E-state index is 12.3. The fourth-order valence-corrected chi connectivity index (χ4v) is 4.70. The minimum Gasteiger partial charge on any atom is -0.463 e. The highest BCUT2D eigenvalue weighted by atomic mass is 16.7. The smallest absolute Gasteiger partial charge is 0.463 e. The monoisotopic (exact) mass is 704 g/mol. The van der Waals surface area contributed by atoms with Gasteiger partial charge in [-0.2, -0.15) is 0 Å². The third-order valence-electron chi connectivity index (χ3n) is 6.55. The van der Waals surface area contributed by atoms with Crippen LogP contribution in [0.1, 0.15) is 38.8 Å². The van der Waals surface area contributed by atoms with Crippen molar-refractivity contribution < 1.29 is 71.7 Å². The molecule has 0 amide bonds. The van der Waals surface area contributed by atoms with Gasteiger partial charge in [-0.25, -0.2) is 4.79 Å². The summed E-state index contributed by atoms with van der Waals surface area (Å²) in [5.41, 5.74) is -0.689. The van der Waals surface area contributed by atoms with E-state index < -0.39 is 95.2 Å². The van der Waals surface area contributed by atoms with Crippen molar-refractivity contribution in [1.82, 2.24) is 0 Å². The third-order valence-corrected chi connectivity index (χ3v) is 6.55. The van der Waals surface area contributed by atoms with E-state index in [0.717, 1.165) is 45.9 Å². The molecule has 1 aliphatic heterocycles. The Hall–Kier alpha value is -6.11. The number of hydrogen-bond donors (Lipinski definition) is 0. The molecule has 50 heavy (non-hydrogen) atoms. The molecule has 1 heterocycles. The van der Waals surface area contributed by atoms with Crippen LogP contribution in [0.2, 0.25) is 0 Å². The van der Waals surface area contributed by atoms with E-state index in [9.17, 15) is 44.2 Å². The normalized spacial score (nSPS) is 19.6. The predicted octanol–water partition coefficient (Wildman–Crippen LogP) is 3.41. The van der Waals surface area contributed by atoms with E-state index in [2.05, 4.69) is 6.58 Å². The maximum Gasteiger partial charge on any atom is 0.514 e. The number of carbonyl (C=O) groups excluding carboxylic acids is 5. The largest absolute Gasteiger partial charge is 0.514 e. The summed E-state index contributed by atoms with van der Waals surface area (Å²) in [6.45, 7) is 6.73. The second-order valence-corrected chi connectivity index (χ2v) is 10.4. The van der Waals surface area contributed by atoms with E-state index in [1.165, 1.54) is 24.3 Å². The summed E-state index contributed by atoms with van der Waals surface area (Å²) in [5, 5.41) is 23.2. The van der Waals surface area contributed by atoms with Crippen LogP contribution in [0.15, 0.2) is 49.1 Å². The average Bonchev–Trinajstić information content (AvgIpc) is 3.02. The summed E-state index contributed by atoms with van der Waals surface area (Å²) in [6, 6.07) is 6.97. The second kappa shape index (κ2) is 17.3. The first-order chi connectivity index (χ1) is 23.6. The van der Waals surface area contributed by atoms with Gasteiger partial charge in [-0.15, -0.1) is 6.58 Å². The van der Waals surface area contributed by atoms with Crippen LogP contribution in [-0.2, 0) is 60.6 Å². The number of nitro groups is 2. The molecule has 0 aromatic heterocycles. The van der Waals surface area contributed by atoms with E-state index in [1.807, 2.05) is 0 Å². The minimum absolute atomic E-state index is 0.0530. The average molecular weight is 705 g/mol. The molecule has 0 saturated carbocycles. The van der Waals surface area contributed by atoms with Gasteiger partial charge in [0.1, 0.15) is 25.1 Å². The standard InChI is InChI=1S/C31H32N2O17/c1-6-7-21-12-20(14-44-31(38)48-23-10-8-22(9-11-23)32(39)40)13-24(33(41)42)26(21)50-30-29(47-19(5)37)28(46-18(4)36)27(45-17(3)35)25(49-30)15-43-16(2)34/h6,8-13,25,27-30H,1,7,14-15H2,2-5H3/t25-,27+,28+,29-,30+/m1/s1. The van der Waals surface area contributed by atoms with E-state index in [-0.39, 0.29) is 29.0 Å². The Morgan fingerprint density at radius 1 is 0.820 bits per heavy atom. The van der Waals surface area contributed by atoms with Crippen molar-refractivity contribution in [3.05, 3.63) is 80.4 Å². The molecule has 0 radical (unpaired) electrons. The molecule has 268 valence electrons. The fraction of sp³-hybridized carbons (Fsp3) is 0.387. The van der Waals surface area contributed by atoms with E-state index in [0.29, 0.717) is 0 Å². The Morgan fingerprint density at radius 2 is 1.42 bits per heavy atom. The third kappa shape index (κ3) is 10.7. The molecule has 1 saturated heterocycles. The van der Waals surface area contributed by atoms with Crippen LogP contribution < -0.4 is 9.47 Å². The number of allylic oxidation sites excluding steroid dienone is 1. The van der Waals surface area contributed by atoms with Gasteiger partial charge < -0.3 is 37.9 Å². The maximum absolute atomic E-state index is 12.3. The van der Waals surface area contributed by atoms with Gasteiger partial charge in [0, 0.05) is 51.5 Å². The summed E-state index contributed by atoms with van der Waals surface area (Å²) in [7, 11) is 0. The number of nitrogens with zero attached hydrogens (tertiary/aromatic N) is 2. The lowest BCUT2D eigenvalue weighted by Gasteiger charge is -2.43. The van der Waals surface area contributed by atoms with Gasteiger partial charge in [0.05, 0.1) is 9.85 Å². The molecular weight excluding hydrogens is 672 g/mol. The highest BCUT2D eigenvalue weighted by Crippen LogP contribution is 2.38. The highest BCUT2D eigenvalue weighted by Gasteiger charge is 2.54. The first-order valence-electron chi connectivity index (χ1n) is 14.6. The summed E-state index contributed by atoms with van der Waals surface area (Å²) in [5.74, 6) is -3.90. The van der Waals surface area contributed by atoms with Crippen molar-refractivity contribution >= 4 is 41.4 Å². The second-order valence-electron chi connectivity index (χ2n) is 10.4. The Kier molecular flexibility index (Phi) is 13.3. The van der Waals surface area contributed by atoms with Crippen molar-refractivity contribution in [2.75, 3.05) is 6.61 Å². The summed E-state index contributed by atoms with van der Waals surface area (Å²) >= 11 is 0. The number of nitro benzene ring substituents is 2. The van der Waals surface area contributed by atoms with Crippen molar-refractivity contribution in [2.24, 2.45) is 0 Å². The Morgan fingerprint density at radius 3 is 1.96 bits per heavy atom. The zero-order valence-electron chi connectivity index (χ0n) is 27.1. The van der Waals surface area contributed by atoms with Gasteiger partial charge >= 0.3 is 35.7 Å². The highest BCUT2D eigenvalue weighted by molar-refractivity contribution is 5.69. The van der Waals surface area contributed by atoms with Crippen LogP contribution in [0, 0.1) is 20.2 Å². The summed E-state index contributed by atoms with van der Waals surface area (Å²) in [4.78, 5) is 82.0. The number of esters is 4. The molecule has 1 fully saturated rings. The van der Waals surface area contributed by atoms with Crippen molar-refractivity contribution in [1.29, 1.82) is 0 Å². The summed E-state index contributed by atoms with van der Waals surface area (Å²) < 4.78 is 43.1. The zero-order chi connectivity index (χ0) is 37.1. The fourth-order valence-electron chi connectivity index (χ4n) is 4.70. The first kappa shape index (κ1) is 38.3. The van der Waals surface area contributed by atoms with Gasteiger partial charge in [-0.3, -0.25) is 39.4 Å². The lowest BCUT2D eigenvalue weighted by Crippen LogP contribution is -2.63. The quantitative estimate of drug-likeness (QED) is 0.0682. The zero-order valence-corrected chi connectivity index (χ0v) is 27.1. The Labute approximate surface area is 283 Å². The Balaban J connectivity index is 1.99. The topological polar surface area (TPSA) is 245 Å². The molecule has 19 nitrogen and oxygen atoms in total. The van der Waals surface area contributed by atoms with Gasteiger partial charge in [0.25, 0.3) is 5.69 Å². The molecule has 0 bridgehead atoms. The number of rotatable bonds is 14. The number of carbonyl (C=O) groups is 5. The van der Waals surface area contributed by atoms with Crippen LogP contribution >= 0.6 is 0 Å². The Bertz CT molecular complexity index is 1640. The molecule has 5 atom stereocenters. The molecule has 0 unspecified atom stereocenters. The molecule has 3 rings (SSSR count). The molecular formula is C31H32N2O17. The first-order valence-corrected chi connectivity index (χ1v) is 14.6. The lowest BCUT2D eigenvalue weighted by molar-refractivity contribution is -0.387. The van der Waals surface area contributed by atoms with Crippen LogP contribution in [0.4, 0.5) is 16.2 Å². The van der Waals surface area contributed by atoms with E-state index in [1.54, 1.807) is 0 Å². The number of hydrogen-bond acceptors (Lipinski definition) is 17. The molecule has 0 spiro atoms. The van der Waals surface area contributed by atoms with Crippen LogP contribution in [0.5, 0.6) is 11.5 Å². The van der Waals surface area contributed by atoms with Gasteiger partial charge in [-0.05, 0) is 30.2 Å². The molecule has 2 aromatic rings. The molecule has 0 aliphatic carbocycles. The van der Waals surface area contributed by atoms with Crippen molar-refractivity contribution in [3.63, 3.8) is 0 Å². The predicted molar refractivity (Wildman–Crippen MR) is 163 cm³/mol. The van der Waals surface area contributed by atoms with Gasteiger partial charge in [0.2, 0.25) is 18.1 Å². The summed E-state index contributed by atoms with van der Waals surface area (Å²) in [6.07, 6.45) is -7.83. The van der Waals surface area contributed by atoms with Crippen LogP contribution in [0.3, 0.4) is 0 Å². The molecule has 2 aromatic carbocycles. The molecule has 1 aliphatic rings. The van der Waals surface area contributed by atoms with E-state index >= 15 is 0 Å². The number of non-ortho nitro benzene ring substituents is 1. The van der Waals surface area contributed by atoms with Crippen LogP contribution in [0.25, 0.3) is 0 Å². The van der Waals surface area contributed by atoms with Gasteiger partial charge in [-0.1, -0.05) is 6.08 Å². The lowest BCUT2D eigenvalue weighted by atomic mass is 9.97.